The molecule has 0 fully saturated rings. The third-order valence-corrected chi connectivity index (χ3v) is 1.70. The van der Waals surface area contributed by atoms with E-state index in [0.29, 0.717) is 6.07 Å². The molecule has 6 nitrogen and oxygen atoms in total. The first-order valence-electron chi connectivity index (χ1n) is 3.71. The second-order valence-corrected chi connectivity index (χ2v) is 2.62. The van der Waals surface area contributed by atoms with Crippen LogP contribution in [0.1, 0.15) is 31.1 Å². The first-order valence-corrected chi connectivity index (χ1v) is 3.71. The van der Waals surface area contributed by atoms with Crippen molar-refractivity contribution in [2.45, 2.75) is 0 Å². The van der Waals surface area contributed by atoms with Crippen molar-refractivity contribution >= 4 is 17.9 Å². The second-order valence-electron chi connectivity index (χ2n) is 2.62. The highest BCUT2D eigenvalue weighted by Gasteiger charge is 2.06. The summed E-state index contributed by atoms with van der Waals surface area (Å²) in [5, 5.41) is 31.3. The van der Waals surface area contributed by atoms with E-state index in [0.717, 1.165) is 12.1 Å². The van der Waals surface area contributed by atoms with Crippen LogP contribution in [0, 0.1) is 0 Å². The van der Waals surface area contributed by atoms with Gasteiger partial charge in [0.25, 0.3) is 0 Å². The summed E-state index contributed by atoms with van der Waals surface area (Å²) in [5.41, 5.74) is -1.84. The van der Waals surface area contributed by atoms with E-state index in [1.165, 1.54) is 0 Å². The van der Waals surface area contributed by atoms with Crippen LogP contribution in [0.4, 0.5) is 0 Å². The standard InChI is InChI=1S/C9H6O6/c10-7(11)4-1-2-5(8(12)13)6(3-4)9(14)15/h1-3H,(H,10,11)(H,12,13)(H,14,15)/p-3. The molecule has 0 amide bonds. The zero-order chi connectivity index (χ0) is 11.6. The lowest BCUT2D eigenvalue weighted by molar-refractivity contribution is -0.259. The molecule has 0 radical (unpaired) electrons. The Morgan fingerprint density at radius 2 is 1.33 bits per heavy atom. The van der Waals surface area contributed by atoms with Crippen molar-refractivity contribution in [3.63, 3.8) is 0 Å². The summed E-state index contributed by atoms with van der Waals surface area (Å²) in [7, 11) is 0. The summed E-state index contributed by atoms with van der Waals surface area (Å²) in [4.78, 5) is 31.3. The highest BCUT2D eigenvalue weighted by Crippen LogP contribution is 2.10. The minimum Gasteiger partial charge on any atom is -0.545 e. The Bertz CT molecular complexity index is 448. The fraction of sp³-hybridized carbons (Fsp3) is 0. The predicted molar refractivity (Wildman–Crippen MR) is 39.4 cm³/mol. The maximum Gasteiger partial charge on any atom is 0.0722 e. The van der Waals surface area contributed by atoms with Crippen LogP contribution in [0.5, 0.6) is 0 Å². The smallest absolute Gasteiger partial charge is 0.0722 e. The van der Waals surface area contributed by atoms with Gasteiger partial charge in [-0.1, -0.05) is 12.1 Å². The molecular formula is C9H3O6-3. The van der Waals surface area contributed by atoms with Gasteiger partial charge in [0.15, 0.2) is 0 Å². The van der Waals surface area contributed by atoms with Crippen molar-refractivity contribution in [2.24, 2.45) is 0 Å². The van der Waals surface area contributed by atoms with Crippen LogP contribution in [0.15, 0.2) is 18.2 Å². The van der Waals surface area contributed by atoms with Crippen molar-refractivity contribution in [3.05, 3.63) is 34.9 Å². The Hall–Kier alpha value is -2.37. The van der Waals surface area contributed by atoms with Gasteiger partial charge in [-0.2, -0.15) is 0 Å². The Morgan fingerprint density at radius 3 is 1.73 bits per heavy atom. The number of hydrogen-bond donors (Lipinski definition) is 0. The topological polar surface area (TPSA) is 120 Å². The first kappa shape index (κ1) is 10.7. The molecule has 0 aliphatic heterocycles. The number of carbonyl (C=O) groups is 3. The molecule has 0 N–H and O–H groups in total. The quantitative estimate of drug-likeness (QED) is 0.514. The Kier molecular flexibility index (Phi) is 2.70. The van der Waals surface area contributed by atoms with Gasteiger partial charge in [0.1, 0.15) is 0 Å². The fourth-order valence-electron chi connectivity index (χ4n) is 1.02. The Morgan fingerprint density at radius 1 is 0.800 bits per heavy atom. The van der Waals surface area contributed by atoms with Crippen molar-refractivity contribution in [1.82, 2.24) is 0 Å². The van der Waals surface area contributed by atoms with Gasteiger partial charge in [-0.05, 0) is 11.6 Å². The summed E-state index contributed by atoms with van der Waals surface area (Å²) in [6.07, 6.45) is 0. The minimum atomic E-state index is -1.79. The van der Waals surface area contributed by atoms with Crippen LogP contribution < -0.4 is 15.3 Å². The van der Waals surface area contributed by atoms with E-state index in [9.17, 15) is 29.7 Å². The summed E-state index contributed by atoms with van der Waals surface area (Å²) in [5.74, 6) is -5.13. The molecule has 0 aliphatic carbocycles. The van der Waals surface area contributed by atoms with Gasteiger partial charge in [0.2, 0.25) is 0 Å². The van der Waals surface area contributed by atoms with Crippen LogP contribution in [-0.4, -0.2) is 17.9 Å². The van der Waals surface area contributed by atoms with Gasteiger partial charge < -0.3 is 29.7 Å². The van der Waals surface area contributed by atoms with E-state index >= 15 is 0 Å². The van der Waals surface area contributed by atoms with Crippen molar-refractivity contribution in [1.29, 1.82) is 0 Å². The fourth-order valence-corrected chi connectivity index (χ4v) is 1.02. The second kappa shape index (κ2) is 3.79. The maximum atomic E-state index is 10.5. The van der Waals surface area contributed by atoms with Crippen LogP contribution in [0.25, 0.3) is 0 Å². The van der Waals surface area contributed by atoms with Gasteiger partial charge in [0, 0.05) is 11.1 Å². The molecule has 0 saturated heterocycles. The van der Waals surface area contributed by atoms with Gasteiger partial charge in [-0.3, -0.25) is 0 Å². The molecule has 0 heterocycles. The predicted octanol–water partition coefficient (Wildman–Crippen LogP) is -3.22. The highest BCUT2D eigenvalue weighted by atomic mass is 16.4. The van der Waals surface area contributed by atoms with E-state index in [2.05, 4.69) is 0 Å². The number of carbonyl (C=O) groups excluding carboxylic acids is 3. The van der Waals surface area contributed by atoms with Crippen LogP contribution >= 0.6 is 0 Å². The molecule has 6 heteroatoms. The zero-order valence-electron chi connectivity index (χ0n) is 7.18. The number of carboxylic acid groups (broad SMARTS) is 3. The summed E-state index contributed by atoms with van der Waals surface area (Å²) in [6.45, 7) is 0. The number of aromatic carboxylic acids is 3. The molecule has 15 heavy (non-hydrogen) atoms. The highest BCUT2D eigenvalue weighted by molar-refractivity contribution is 6.02. The van der Waals surface area contributed by atoms with Crippen molar-refractivity contribution in [2.75, 3.05) is 0 Å². The molecule has 78 valence electrons. The molecule has 0 aliphatic rings. The molecule has 1 aromatic rings. The molecule has 0 aromatic heterocycles. The average Bonchev–Trinajstić information content (AvgIpc) is 2.16. The lowest BCUT2D eigenvalue weighted by Gasteiger charge is -2.13. The number of benzene rings is 1. The normalized spacial score (nSPS) is 9.60. The zero-order valence-corrected chi connectivity index (χ0v) is 7.18. The lowest BCUT2D eigenvalue weighted by Crippen LogP contribution is -2.31. The van der Waals surface area contributed by atoms with Gasteiger partial charge >= 0.3 is 0 Å². The third-order valence-electron chi connectivity index (χ3n) is 1.70. The SMILES string of the molecule is O=C([O-])c1ccc(C(=O)[O-])c(C(=O)[O-])c1. The molecule has 0 atom stereocenters. The number of hydrogen-bond acceptors (Lipinski definition) is 6. The van der Waals surface area contributed by atoms with Gasteiger partial charge in [0.05, 0.1) is 17.9 Å². The number of rotatable bonds is 3. The van der Waals surface area contributed by atoms with E-state index in [4.69, 9.17) is 0 Å². The van der Waals surface area contributed by atoms with Crippen LogP contribution in [0.3, 0.4) is 0 Å². The molecule has 1 rings (SSSR count). The van der Waals surface area contributed by atoms with E-state index in [1.54, 1.807) is 0 Å². The summed E-state index contributed by atoms with van der Waals surface area (Å²) in [6, 6.07) is 2.37. The molecule has 1 aromatic carbocycles. The van der Waals surface area contributed by atoms with Crippen LogP contribution in [0.2, 0.25) is 0 Å². The average molecular weight is 207 g/mol. The van der Waals surface area contributed by atoms with E-state index < -0.39 is 34.6 Å². The molecule has 0 bridgehead atoms. The van der Waals surface area contributed by atoms with Gasteiger partial charge in [-0.15, -0.1) is 0 Å². The summed E-state index contributed by atoms with van der Waals surface area (Å²) >= 11 is 0. The van der Waals surface area contributed by atoms with E-state index in [-0.39, 0.29) is 0 Å². The maximum absolute atomic E-state index is 10.5. The van der Waals surface area contributed by atoms with Crippen molar-refractivity contribution in [3.8, 4) is 0 Å². The molecular weight excluding hydrogens is 204 g/mol. The van der Waals surface area contributed by atoms with Crippen molar-refractivity contribution < 1.29 is 29.7 Å². The largest absolute Gasteiger partial charge is 0.545 e. The Balaban J connectivity index is 3.40. The molecule has 0 spiro atoms. The summed E-state index contributed by atoms with van der Waals surface area (Å²) < 4.78 is 0. The minimum absolute atomic E-state index is 0.445. The Labute approximate surface area is 83.4 Å². The first-order chi connectivity index (χ1) is 6.93. The lowest BCUT2D eigenvalue weighted by atomic mass is 10.0. The van der Waals surface area contributed by atoms with Gasteiger partial charge in [-0.25, -0.2) is 0 Å². The third kappa shape index (κ3) is 2.11. The molecule has 0 saturated carbocycles. The van der Waals surface area contributed by atoms with E-state index in [1.807, 2.05) is 0 Å². The molecule has 0 unspecified atom stereocenters. The monoisotopic (exact) mass is 207 g/mol. The number of carboxylic acids is 3. The van der Waals surface area contributed by atoms with Crippen LogP contribution in [-0.2, 0) is 0 Å².